The number of halogens is 2. The van der Waals surface area contributed by atoms with Crippen molar-refractivity contribution in [1.29, 1.82) is 0 Å². The predicted octanol–water partition coefficient (Wildman–Crippen LogP) is 4.60. The van der Waals surface area contributed by atoms with Crippen molar-refractivity contribution in [3.63, 3.8) is 0 Å². The second-order valence-corrected chi connectivity index (χ2v) is 5.89. The van der Waals surface area contributed by atoms with Crippen LogP contribution >= 0.6 is 27.5 Å². The highest BCUT2D eigenvalue weighted by molar-refractivity contribution is 9.10. The molecule has 2 aromatic carbocycles. The fourth-order valence-corrected chi connectivity index (χ4v) is 2.60. The van der Waals surface area contributed by atoms with E-state index >= 15 is 0 Å². The number of amides is 1. The smallest absolute Gasteiger partial charge is 0.251 e. The topological polar surface area (TPSA) is 38.3 Å². The Kier molecular flexibility index (Phi) is 5.26. The van der Waals surface area contributed by atoms with Gasteiger partial charge in [-0.05, 0) is 64.8 Å². The molecule has 0 bridgehead atoms. The molecular weight excluding hydrogens is 354 g/mol. The number of hydrogen-bond donors (Lipinski definition) is 1. The minimum absolute atomic E-state index is 0.115. The van der Waals surface area contributed by atoms with Crippen LogP contribution < -0.4 is 10.1 Å². The van der Waals surface area contributed by atoms with Crippen LogP contribution in [0.15, 0.2) is 46.9 Å². The van der Waals surface area contributed by atoms with Gasteiger partial charge in [-0.25, -0.2) is 0 Å². The van der Waals surface area contributed by atoms with Gasteiger partial charge < -0.3 is 10.1 Å². The summed E-state index contributed by atoms with van der Waals surface area (Å²) >= 11 is 9.26. The normalized spacial score (nSPS) is 11.8. The van der Waals surface area contributed by atoms with E-state index < -0.39 is 0 Å². The van der Waals surface area contributed by atoms with Gasteiger partial charge in [0.25, 0.3) is 5.91 Å². The molecule has 0 aliphatic carbocycles. The lowest BCUT2D eigenvalue weighted by Crippen LogP contribution is -2.26. The molecule has 1 amide bonds. The summed E-state index contributed by atoms with van der Waals surface area (Å²) in [6, 6.07) is 12.4. The van der Waals surface area contributed by atoms with E-state index in [2.05, 4.69) is 21.2 Å². The number of nitrogens with one attached hydrogen (secondary N) is 1. The number of benzene rings is 2. The zero-order valence-corrected chi connectivity index (χ0v) is 14.0. The molecule has 0 aromatic heterocycles. The average molecular weight is 369 g/mol. The largest absolute Gasteiger partial charge is 0.496 e. The average Bonchev–Trinajstić information content (AvgIpc) is 2.47. The lowest BCUT2D eigenvalue weighted by atomic mass is 10.1. The van der Waals surface area contributed by atoms with Crippen LogP contribution in [0.3, 0.4) is 0 Å². The van der Waals surface area contributed by atoms with Gasteiger partial charge in [0.15, 0.2) is 0 Å². The molecule has 0 saturated carbocycles. The van der Waals surface area contributed by atoms with Gasteiger partial charge in [0.05, 0.1) is 17.6 Å². The van der Waals surface area contributed by atoms with Gasteiger partial charge in [-0.2, -0.15) is 0 Å². The Hall–Kier alpha value is -1.52. The highest BCUT2D eigenvalue weighted by Crippen LogP contribution is 2.28. The van der Waals surface area contributed by atoms with E-state index in [-0.39, 0.29) is 11.9 Å². The second-order valence-electron chi connectivity index (χ2n) is 4.60. The minimum atomic E-state index is -0.133. The van der Waals surface area contributed by atoms with Gasteiger partial charge in [0.2, 0.25) is 0 Å². The van der Waals surface area contributed by atoms with E-state index in [0.717, 1.165) is 15.8 Å². The highest BCUT2D eigenvalue weighted by Gasteiger charge is 2.12. The third-order valence-electron chi connectivity index (χ3n) is 3.13. The maximum Gasteiger partial charge on any atom is 0.251 e. The molecule has 0 heterocycles. The first-order valence-electron chi connectivity index (χ1n) is 6.41. The molecule has 3 nitrogen and oxygen atoms in total. The third-order valence-corrected chi connectivity index (χ3v) is 4.00. The van der Waals surface area contributed by atoms with Crippen LogP contribution in [-0.2, 0) is 0 Å². The van der Waals surface area contributed by atoms with Crippen LogP contribution in [0.5, 0.6) is 5.75 Å². The first kappa shape index (κ1) is 15.9. The number of carbonyl (C=O) groups is 1. The first-order valence-corrected chi connectivity index (χ1v) is 7.58. The number of rotatable bonds is 4. The zero-order chi connectivity index (χ0) is 15.4. The summed E-state index contributed by atoms with van der Waals surface area (Å²) in [6.45, 7) is 1.93. The van der Waals surface area contributed by atoms with Crippen LogP contribution in [0.1, 0.15) is 28.9 Å². The van der Waals surface area contributed by atoms with Gasteiger partial charge in [0, 0.05) is 10.6 Å². The zero-order valence-electron chi connectivity index (χ0n) is 11.7. The summed E-state index contributed by atoms with van der Waals surface area (Å²) < 4.78 is 6.05. The molecule has 110 valence electrons. The summed E-state index contributed by atoms with van der Waals surface area (Å²) in [5, 5.41) is 3.56. The van der Waals surface area contributed by atoms with Crippen LogP contribution in [0.4, 0.5) is 0 Å². The standard InChI is InChI=1S/C16H15BrClNO2/c1-10(12-5-8-15(21-2)14(17)9-12)19-16(20)11-3-6-13(18)7-4-11/h3-10H,1-2H3,(H,19,20). The molecular formula is C16H15BrClNO2. The fourth-order valence-electron chi connectivity index (χ4n) is 1.92. The maximum atomic E-state index is 12.2. The first-order chi connectivity index (χ1) is 10.0. The van der Waals surface area contributed by atoms with Gasteiger partial charge in [0.1, 0.15) is 5.75 Å². The lowest BCUT2D eigenvalue weighted by Gasteiger charge is -2.15. The molecule has 0 spiro atoms. The van der Waals surface area contributed by atoms with Gasteiger partial charge in [-0.1, -0.05) is 17.7 Å². The molecule has 5 heteroatoms. The van der Waals surface area contributed by atoms with E-state index in [0.29, 0.717) is 10.6 Å². The van der Waals surface area contributed by atoms with Crippen molar-refractivity contribution in [2.24, 2.45) is 0 Å². The molecule has 2 aromatic rings. The Morgan fingerprint density at radius 3 is 2.48 bits per heavy atom. The highest BCUT2D eigenvalue weighted by atomic mass is 79.9. The molecule has 0 radical (unpaired) electrons. The van der Waals surface area contributed by atoms with Crippen molar-refractivity contribution in [1.82, 2.24) is 5.32 Å². The molecule has 0 fully saturated rings. The predicted molar refractivity (Wildman–Crippen MR) is 88.0 cm³/mol. The van der Waals surface area contributed by atoms with Gasteiger partial charge >= 0.3 is 0 Å². The van der Waals surface area contributed by atoms with E-state index in [1.54, 1.807) is 31.4 Å². The van der Waals surface area contributed by atoms with Crippen molar-refractivity contribution in [2.75, 3.05) is 7.11 Å². The SMILES string of the molecule is COc1ccc(C(C)NC(=O)c2ccc(Cl)cc2)cc1Br. The second kappa shape index (κ2) is 6.96. The van der Waals surface area contributed by atoms with E-state index in [1.807, 2.05) is 25.1 Å². The van der Waals surface area contributed by atoms with E-state index in [4.69, 9.17) is 16.3 Å². The Balaban J connectivity index is 2.10. The summed E-state index contributed by atoms with van der Waals surface area (Å²) in [5.41, 5.74) is 1.57. The Bertz CT molecular complexity index is 643. The van der Waals surface area contributed by atoms with Crippen LogP contribution in [0, 0.1) is 0 Å². The van der Waals surface area contributed by atoms with Crippen molar-refractivity contribution in [3.8, 4) is 5.75 Å². The molecule has 0 aliphatic rings. The summed E-state index contributed by atoms with van der Waals surface area (Å²) in [4.78, 5) is 12.2. The molecule has 1 unspecified atom stereocenters. The van der Waals surface area contributed by atoms with E-state index in [9.17, 15) is 4.79 Å². The summed E-state index contributed by atoms with van der Waals surface area (Å²) in [7, 11) is 1.62. The third kappa shape index (κ3) is 3.99. The van der Waals surface area contributed by atoms with E-state index in [1.165, 1.54) is 0 Å². The monoisotopic (exact) mass is 367 g/mol. The molecule has 1 N–H and O–H groups in total. The minimum Gasteiger partial charge on any atom is -0.496 e. The van der Waals surface area contributed by atoms with Crippen molar-refractivity contribution in [3.05, 3.63) is 63.1 Å². The Morgan fingerprint density at radius 1 is 1.24 bits per heavy atom. The Morgan fingerprint density at radius 2 is 1.90 bits per heavy atom. The molecule has 21 heavy (non-hydrogen) atoms. The van der Waals surface area contributed by atoms with Crippen LogP contribution in [0.25, 0.3) is 0 Å². The van der Waals surface area contributed by atoms with Crippen molar-refractivity contribution in [2.45, 2.75) is 13.0 Å². The Labute approximate surface area is 137 Å². The number of hydrogen-bond acceptors (Lipinski definition) is 2. The summed E-state index contributed by atoms with van der Waals surface area (Å²) in [6.07, 6.45) is 0. The fraction of sp³-hybridized carbons (Fsp3) is 0.188. The van der Waals surface area contributed by atoms with Crippen molar-refractivity contribution < 1.29 is 9.53 Å². The van der Waals surface area contributed by atoms with Gasteiger partial charge in [-0.3, -0.25) is 4.79 Å². The lowest BCUT2D eigenvalue weighted by molar-refractivity contribution is 0.0940. The van der Waals surface area contributed by atoms with Crippen LogP contribution in [-0.4, -0.2) is 13.0 Å². The van der Waals surface area contributed by atoms with Gasteiger partial charge in [-0.15, -0.1) is 0 Å². The number of carbonyl (C=O) groups excluding carboxylic acids is 1. The molecule has 0 saturated heterocycles. The molecule has 0 aliphatic heterocycles. The summed E-state index contributed by atoms with van der Waals surface area (Å²) in [5.74, 6) is 0.626. The maximum absolute atomic E-state index is 12.2. The molecule has 2 rings (SSSR count). The van der Waals surface area contributed by atoms with Crippen molar-refractivity contribution >= 4 is 33.4 Å². The molecule has 1 atom stereocenters. The number of methoxy groups -OCH3 is 1. The quantitative estimate of drug-likeness (QED) is 0.856. The van der Waals surface area contributed by atoms with Crippen LogP contribution in [0.2, 0.25) is 5.02 Å². The number of ether oxygens (including phenoxy) is 1.